The first-order valence-corrected chi connectivity index (χ1v) is 7.97. The van der Waals surface area contributed by atoms with Crippen LogP contribution in [0, 0.1) is 0 Å². The van der Waals surface area contributed by atoms with Crippen LogP contribution in [0.1, 0.15) is 13.8 Å². The Hall–Kier alpha value is -1.37. The zero-order valence-corrected chi connectivity index (χ0v) is 14.8. The first kappa shape index (κ1) is 18.0. The Balaban J connectivity index is 1.95. The summed E-state index contributed by atoms with van der Waals surface area (Å²) in [6, 6.07) is 3.73. The number of nitrogens with zero attached hydrogens (tertiary/aromatic N) is 3. The van der Waals surface area contributed by atoms with E-state index in [1.165, 1.54) is 4.90 Å². The molecule has 6 nitrogen and oxygen atoms in total. The van der Waals surface area contributed by atoms with Crippen molar-refractivity contribution in [2.75, 3.05) is 45.3 Å². The van der Waals surface area contributed by atoms with Gasteiger partial charge in [0.05, 0.1) is 23.3 Å². The summed E-state index contributed by atoms with van der Waals surface area (Å²) in [7, 11) is 3.42. The molecule has 1 amide bonds. The quantitative estimate of drug-likeness (QED) is 0.817. The number of hydrogen-bond acceptors (Lipinski definition) is 5. The van der Waals surface area contributed by atoms with Crippen molar-refractivity contribution in [1.29, 1.82) is 0 Å². The standard InChI is InChI=1S/C16H24ClN3O3/c1-16(2)11-20(14-6-5-12(17)7-18-14)8-13(23-16)9-22-10-15(21)19(3)4/h5-7,13H,8-11H2,1-4H3/t13-/m0/s1. The van der Waals surface area contributed by atoms with E-state index in [-0.39, 0.29) is 24.2 Å². The minimum Gasteiger partial charge on any atom is -0.369 e. The maximum absolute atomic E-state index is 11.6. The van der Waals surface area contributed by atoms with Crippen molar-refractivity contribution in [2.24, 2.45) is 0 Å². The van der Waals surface area contributed by atoms with E-state index >= 15 is 0 Å². The highest BCUT2D eigenvalue weighted by Crippen LogP contribution is 2.25. The lowest BCUT2D eigenvalue weighted by atomic mass is 10.1. The minimum atomic E-state index is -0.320. The molecule has 128 valence electrons. The molecule has 0 saturated carbocycles. The molecule has 1 aliphatic heterocycles. The molecule has 0 aliphatic carbocycles. The Morgan fingerprint density at radius 2 is 2.26 bits per heavy atom. The second-order valence-corrected chi connectivity index (χ2v) is 6.95. The zero-order chi connectivity index (χ0) is 17.0. The summed E-state index contributed by atoms with van der Waals surface area (Å²) in [6.07, 6.45) is 1.52. The van der Waals surface area contributed by atoms with Gasteiger partial charge in [0.15, 0.2) is 0 Å². The maximum atomic E-state index is 11.6. The second-order valence-electron chi connectivity index (χ2n) is 6.52. The van der Waals surface area contributed by atoms with Crippen molar-refractivity contribution in [3.63, 3.8) is 0 Å². The fraction of sp³-hybridized carbons (Fsp3) is 0.625. The lowest BCUT2D eigenvalue weighted by molar-refractivity contribution is -0.139. The summed E-state index contributed by atoms with van der Waals surface area (Å²) in [4.78, 5) is 19.6. The van der Waals surface area contributed by atoms with Gasteiger partial charge in [-0.3, -0.25) is 4.79 Å². The van der Waals surface area contributed by atoms with E-state index in [2.05, 4.69) is 9.88 Å². The van der Waals surface area contributed by atoms with E-state index < -0.39 is 0 Å². The van der Waals surface area contributed by atoms with E-state index in [0.717, 1.165) is 12.4 Å². The van der Waals surface area contributed by atoms with Crippen molar-refractivity contribution in [1.82, 2.24) is 9.88 Å². The van der Waals surface area contributed by atoms with E-state index in [1.807, 2.05) is 26.0 Å². The number of morpholine rings is 1. The summed E-state index contributed by atoms with van der Waals surface area (Å²) >= 11 is 5.90. The number of aromatic nitrogens is 1. The molecule has 1 fully saturated rings. The smallest absolute Gasteiger partial charge is 0.248 e. The first-order valence-electron chi connectivity index (χ1n) is 7.59. The highest BCUT2D eigenvalue weighted by atomic mass is 35.5. The van der Waals surface area contributed by atoms with Gasteiger partial charge in [-0.15, -0.1) is 0 Å². The predicted octanol–water partition coefficient (Wildman–Crippen LogP) is 1.82. The highest BCUT2D eigenvalue weighted by molar-refractivity contribution is 6.30. The summed E-state index contributed by atoms with van der Waals surface area (Å²) in [5, 5.41) is 0.614. The van der Waals surface area contributed by atoms with Gasteiger partial charge in [0.25, 0.3) is 0 Å². The van der Waals surface area contributed by atoms with Crippen LogP contribution in [-0.4, -0.2) is 67.9 Å². The molecule has 1 aromatic rings. The van der Waals surface area contributed by atoms with Gasteiger partial charge < -0.3 is 19.3 Å². The lowest BCUT2D eigenvalue weighted by Crippen LogP contribution is -2.54. The van der Waals surface area contributed by atoms with Gasteiger partial charge in [0, 0.05) is 33.4 Å². The molecule has 2 rings (SSSR count). The molecule has 0 N–H and O–H groups in total. The lowest BCUT2D eigenvalue weighted by Gasteiger charge is -2.43. The molecule has 1 aromatic heterocycles. The topological polar surface area (TPSA) is 54.9 Å². The third kappa shape index (κ3) is 5.34. The van der Waals surface area contributed by atoms with Crippen molar-refractivity contribution >= 4 is 23.3 Å². The van der Waals surface area contributed by atoms with Crippen molar-refractivity contribution in [2.45, 2.75) is 25.6 Å². The number of carbonyl (C=O) groups is 1. The average Bonchev–Trinajstić information content (AvgIpc) is 2.46. The molecule has 0 aromatic carbocycles. The Kier molecular flexibility index (Phi) is 5.84. The number of anilines is 1. The SMILES string of the molecule is CN(C)C(=O)COC[C@@H]1CN(c2ccc(Cl)cn2)CC(C)(C)O1. The summed E-state index contributed by atoms with van der Waals surface area (Å²) in [5.74, 6) is 0.802. The largest absolute Gasteiger partial charge is 0.369 e. The fourth-order valence-electron chi connectivity index (χ4n) is 2.52. The third-order valence-corrected chi connectivity index (χ3v) is 3.77. The van der Waals surface area contributed by atoms with E-state index in [0.29, 0.717) is 18.2 Å². The van der Waals surface area contributed by atoms with Crippen molar-refractivity contribution in [3.8, 4) is 0 Å². The summed E-state index contributed by atoms with van der Waals surface area (Å²) < 4.78 is 11.6. The van der Waals surface area contributed by atoms with Crippen LogP contribution < -0.4 is 4.90 Å². The Morgan fingerprint density at radius 3 is 2.87 bits per heavy atom. The molecular formula is C16H24ClN3O3. The normalized spacial score (nSPS) is 20.4. The molecule has 0 spiro atoms. The van der Waals surface area contributed by atoms with Crippen LogP contribution in [-0.2, 0) is 14.3 Å². The molecule has 1 saturated heterocycles. The monoisotopic (exact) mass is 341 g/mol. The second kappa shape index (κ2) is 7.47. The van der Waals surface area contributed by atoms with E-state index in [1.54, 1.807) is 20.3 Å². The van der Waals surface area contributed by atoms with Gasteiger partial charge in [0.2, 0.25) is 5.91 Å². The number of rotatable bonds is 5. The molecule has 1 atom stereocenters. The Morgan fingerprint density at radius 1 is 1.52 bits per heavy atom. The molecule has 1 aliphatic rings. The van der Waals surface area contributed by atoms with E-state index in [4.69, 9.17) is 21.1 Å². The predicted molar refractivity (Wildman–Crippen MR) is 89.9 cm³/mol. The van der Waals surface area contributed by atoms with Crippen LogP contribution in [0.2, 0.25) is 5.02 Å². The van der Waals surface area contributed by atoms with Crippen LogP contribution in [0.3, 0.4) is 0 Å². The molecule has 0 unspecified atom stereocenters. The number of amides is 1. The van der Waals surface area contributed by atoms with Crippen LogP contribution in [0.4, 0.5) is 5.82 Å². The van der Waals surface area contributed by atoms with Crippen LogP contribution in [0.5, 0.6) is 0 Å². The number of pyridine rings is 1. The molecule has 0 radical (unpaired) electrons. The Bertz CT molecular complexity index is 534. The number of ether oxygens (including phenoxy) is 2. The molecule has 0 bridgehead atoms. The molecule has 2 heterocycles. The fourth-order valence-corrected chi connectivity index (χ4v) is 2.63. The number of hydrogen-bond donors (Lipinski definition) is 0. The molecule has 23 heavy (non-hydrogen) atoms. The van der Waals surface area contributed by atoms with Gasteiger partial charge in [-0.25, -0.2) is 4.98 Å². The van der Waals surface area contributed by atoms with Gasteiger partial charge in [-0.05, 0) is 26.0 Å². The highest BCUT2D eigenvalue weighted by Gasteiger charge is 2.34. The number of likely N-dealkylation sites (N-methyl/N-ethyl adjacent to an activating group) is 1. The zero-order valence-electron chi connectivity index (χ0n) is 14.1. The maximum Gasteiger partial charge on any atom is 0.248 e. The van der Waals surface area contributed by atoms with Gasteiger partial charge >= 0.3 is 0 Å². The Labute approximate surface area is 142 Å². The summed E-state index contributed by atoms with van der Waals surface area (Å²) in [6.45, 7) is 5.89. The van der Waals surface area contributed by atoms with Crippen LogP contribution in [0.15, 0.2) is 18.3 Å². The average molecular weight is 342 g/mol. The van der Waals surface area contributed by atoms with Crippen LogP contribution in [0.25, 0.3) is 0 Å². The van der Waals surface area contributed by atoms with E-state index in [9.17, 15) is 4.79 Å². The van der Waals surface area contributed by atoms with Gasteiger partial charge in [-0.2, -0.15) is 0 Å². The summed E-state index contributed by atoms with van der Waals surface area (Å²) in [5.41, 5.74) is -0.320. The first-order chi connectivity index (χ1) is 10.8. The van der Waals surface area contributed by atoms with Gasteiger partial charge in [0.1, 0.15) is 12.4 Å². The van der Waals surface area contributed by atoms with Crippen LogP contribution >= 0.6 is 11.6 Å². The van der Waals surface area contributed by atoms with Crippen molar-refractivity contribution in [3.05, 3.63) is 23.4 Å². The number of halogens is 1. The van der Waals surface area contributed by atoms with Gasteiger partial charge in [-0.1, -0.05) is 11.6 Å². The molecular weight excluding hydrogens is 318 g/mol. The number of carbonyl (C=O) groups excluding carboxylic acids is 1. The minimum absolute atomic E-state index is 0.0590. The molecule has 7 heteroatoms. The van der Waals surface area contributed by atoms with Crippen molar-refractivity contribution < 1.29 is 14.3 Å². The third-order valence-electron chi connectivity index (χ3n) is 3.55.